The lowest BCUT2D eigenvalue weighted by Gasteiger charge is -2.27. The lowest BCUT2D eigenvalue weighted by molar-refractivity contribution is -0.227. The van der Waals surface area contributed by atoms with E-state index in [4.69, 9.17) is 9.52 Å². The number of furan rings is 1. The minimum Gasteiger partial charge on any atom is -0.481 e. The molecule has 0 saturated carbocycles. The van der Waals surface area contributed by atoms with Gasteiger partial charge in [0.1, 0.15) is 0 Å². The minimum absolute atomic E-state index is 0.0633. The number of alkyl halides is 3. The molecule has 9 heteroatoms. The van der Waals surface area contributed by atoms with E-state index in [9.17, 15) is 22.8 Å². The summed E-state index contributed by atoms with van der Waals surface area (Å²) in [5.74, 6) is -2.66. The molecule has 0 spiro atoms. The Balaban J connectivity index is 2.26. The molecule has 20 heavy (non-hydrogen) atoms. The van der Waals surface area contributed by atoms with Crippen molar-refractivity contribution in [2.45, 2.75) is 12.6 Å². The monoisotopic (exact) mass is 355 g/mol. The summed E-state index contributed by atoms with van der Waals surface area (Å²) in [5, 5.41) is 8.90. The van der Waals surface area contributed by atoms with Crippen LogP contribution in [0.4, 0.5) is 13.2 Å². The summed E-state index contributed by atoms with van der Waals surface area (Å²) in [6.07, 6.45) is -4.36. The third-order valence-electron chi connectivity index (χ3n) is 3.36. The first-order valence-electron chi connectivity index (χ1n) is 5.51. The van der Waals surface area contributed by atoms with Crippen molar-refractivity contribution < 1.29 is 32.3 Å². The van der Waals surface area contributed by atoms with Crippen molar-refractivity contribution in [1.82, 2.24) is 4.90 Å². The van der Waals surface area contributed by atoms with Crippen LogP contribution in [0.2, 0.25) is 0 Å². The van der Waals surface area contributed by atoms with Gasteiger partial charge in [-0.05, 0) is 28.4 Å². The van der Waals surface area contributed by atoms with Crippen LogP contribution in [-0.4, -0.2) is 41.1 Å². The number of nitrogens with zero attached hydrogens (tertiary/aromatic N) is 1. The second-order valence-corrected chi connectivity index (χ2v) is 5.19. The van der Waals surface area contributed by atoms with Gasteiger partial charge < -0.3 is 14.4 Å². The third kappa shape index (κ3) is 2.19. The highest BCUT2D eigenvalue weighted by atomic mass is 79.9. The average molecular weight is 356 g/mol. The first-order valence-corrected chi connectivity index (χ1v) is 6.31. The molecule has 0 bridgehead atoms. The number of halogens is 4. The summed E-state index contributed by atoms with van der Waals surface area (Å²) in [6, 6.07) is 1.31. The van der Waals surface area contributed by atoms with Gasteiger partial charge in [0.05, 0.1) is 11.8 Å². The number of carboxylic acid groups (broad SMARTS) is 1. The van der Waals surface area contributed by atoms with Crippen molar-refractivity contribution in [2.75, 3.05) is 13.1 Å². The number of carbonyl (C=O) groups excluding carboxylic acids is 1. The number of amides is 1. The van der Waals surface area contributed by atoms with Crippen molar-refractivity contribution in [1.29, 1.82) is 0 Å². The highest BCUT2D eigenvalue weighted by molar-refractivity contribution is 9.10. The van der Waals surface area contributed by atoms with E-state index in [0.717, 1.165) is 4.90 Å². The number of carbonyl (C=O) groups is 2. The van der Waals surface area contributed by atoms with E-state index >= 15 is 0 Å². The van der Waals surface area contributed by atoms with Gasteiger partial charge in [0.25, 0.3) is 5.91 Å². The molecule has 0 radical (unpaired) electrons. The molecule has 0 aliphatic carbocycles. The highest BCUT2D eigenvalue weighted by Gasteiger charge is 2.64. The Bertz CT molecular complexity index is 556. The summed E-state index contributed by atoms with van der Waals surface area (Å²) in [6.45, 7) is -1.18. The molecular weight excluding hydrogens is 347 g/mol. The fourth-order valence-corrected chi connectivity index (χ4v) is 2.54. The summed E-state index contributed by atoms with van der Waals surface area (Å²) in [5.41, 5.74) is -2.84. The van der Waals surface area contributed by atoms with Crippen molar-refractivity contribution in [3.63, 3.8) is 0 Å². The first-order chi connectivity index (χ1) is 9.19. The van der Waals surface area contributed by atoms with Gasteiger partial charge in [0, 0.05) is 13.1 Å². The zero-order valence-corrected chi connectivity index (χ0v) is 11.5. The predicted molar refractivity (Wildman–Crippen MR) is 63.1 cm³/mol. The number of hydrogen-bond acceptors (Lipinski definition) is 3. The van der Waals surface area contributed by atoms with Gasteiger partial charge in [-0.2, -0.15) is 13.2 Å². The molecule has 1 aliphatic rings. The zero-order valence-electron chi connectivity index (χ0n) is 9.91. The normalized spacial score (nSPS) is 23.1. The summed E-state index contributed by atoms with van der Waals surface area (Å²) < 4.78 is 43.9. The van der Waals surface area contributed by atoms with Crippen LogP contribution < -0.4 is 0 Å². The van der Waals surface area contributed by atoms with E-state index < -0.39 is 36.4 Å². The van der Waals surface area contributed by atoms with Crippen LogP contribution in [0.5, 0.6) is 0 Å². The molecule has 5 nitrogen and oxygen atoms in total. The maximum atomic E-state index is 13.0. The van der Waals surface area contributed by atoms with Crippen LogP contribution in [0.15, 0.2) is 21.4 Å². The third-order valence-corrected chi connectivity index (χ3v) is 3.97. The van der Waals surface area contributed by atoms with Gasteiger partial charge in [-0.15, -0.1) is 0 Å². The molecule has 1 fully saturated rings. The lowest BCUT2D eigenvalue weighted by Crippen LogP contribution is -2.47. The topological polar surface area (TPSA) is 70.8 Å². The van der Waals surface area contributed by atoms with Gasteiger partial charge in [0.15, 0.2) is 10.1 Å². The molecule has 110 valence electrons. The van der Waals surface area contributed by atoms with Crippen LogP contribution in [0, 0.1) is 5.41 Å². The number of rotatable bonds is 2. The number of likely N-dealkylation sites (tertiary alicyclic amines) is 1. The molecular formula is C11H9BrF3NO4. The van der Waals surface area contributed by atoms with E-state index in [1.54, 1.807) is 0 Å². The van der Waals surface area contributed by atoms with Crippen molar-refractivity contribution in [3.05, 3.63) is 22.6 Å². The molecule has 1 aromatic rings. The SMILES string of the molecule is O=C(c1ccoc1Br)N1CCC(C(=O)O)(C(F)(F)F)C1. The molecule has 0 aromatic carbocycles. The molecule has 1 aromatic heterocycles. The molecule has 2 rings (SSSR count). The van der Waals surface area contributed by atoms with E-state index in [2.05, 4.69) is 15.9 Å². The summed E-state index contributed by atoms with van der Waals surface area (Å²) in [7, 11) is 0. The average Bonchev–Trinajstić information content (AvgIpc) is 2.93. The molecule has 1 saturated heterocycles. The largest absolute Gasteiger partial charge is 0.481 e. The van der Waals surface area contributed by atoms with E-state index in [-0.39, 0.29) is 16.8 Å². The highest BCUT2D eigenvalue weighted by Crippen LogP contribution is 2.46. The molecule has 1 aliphatic heterocycles. The standard InChI is InChI=1S/C11H9BrF3NO4/c12-7-6(1-4-20-7)8(17)16-3-2-10(5-16,9(18)19)11(13,14)15/h1,4H,2-3,5H2,(H,18,19). The molecule has 1 atom stereocenters. The van der Waals surface area contributed by atoms with Crippen LogP contribution in [0.25, 0.3) is 0 Å². The Labute approximate surface area is 119 Å². The van der Waals surface area contributed by atoms with Crippen LogP contribution >= 0.6 is 15.9 Å². The smallest absolute Gasteiger partial charge is 0.406 e. The van der Waals surface area contributed by atoms with Gasteiger partial charge in [-0.3, -0.25) is 9.59 Å². The maximum Gasteiger partial charge on any atom is 0.406 e. The van der Waals surface area contributed by atoms with E-state index in [0.29, 0.717) is 0 Å². The Morgan fingerprint density at radius 2 is 2.10 bits per heavy atom. The Morgan fingerprint density at radius 1 is 1.45 bits per heavy atom. The van der Waals surface area contributed by atoms with E-state index in [1.807, 2.05) is 0 Å². The van der Waals surface area contributed by atoms with Crippen LogP contribution in [-0.2, 0) is 4.79 Å². The molecule has 2 heterocycles. The maximum absolute atomic E-state index is 13.0. The minimum atomic E-state index is -4.92. The van der Waals surface area contributed by atoms with Gasteiger partial charge in [0.2, 0.25) is 0 Å². The van der Waals surface area contributed by atoms with Gasteiger partial charge in [-0.25, -0.2) is 0 Å². The Kier molecular flexibility index (Phi) is 3.57. The number of aliphatic carboxylic acids is 1. The second-order valence-electron chi connectivity index (χ2n) is 4.47. The molecule has 1 amide bonds. The van der Waals surface area contributed by atoms with Gasteiger partial charge >= 0.3 is 12.1 Å². The summed E-state index contributed by atoms with van der Waals surface area (Å²) in [4.78, 5) is 23.9. The summed E-state index contributed by atoms with van der Waals surface area (Å²) >= 11 is 2.96. The van der Waals surface area contributed by atoms with Gasteiger partial charge in [-0.1, -0.05) is 0 Å². The fourth-order valence-electron chi connectivity index (χ4n) is 2.13. The van der Waals surface area contributed by atoms with Crippen molar-refractivity contribution in [3.8, 4) is 0 Å². The van der Waals surface area contributed by atoms with E-state index in [1.165, 1.54) is 12.3 Å². The fraction of sp³-hybridized carbons (Fsp3) is 0.455. The molecule has 1 N–H and O–H groups in total. The molecule has 1 unspecified atom stereocenters. The zero-order chi connectivity index (χ0) is 15.1. The van der Waals surface area contributed by atoms with Crippen molar-refractivity contribution in [2.24, 2.45) is 5.41 Å². The lowest BCUT2D eigenvalue weighted by atomic mass is 9.86. The van der Waals surface area contributed by atoms with Crippen LogP contribution in [0.1, 0.15) is 16.8 Å². The Morgan fingerprint density at radius 3 is 2.50 bits per heavy atom. The number of carboxylic acids is 1. The first kappa shape index (κ1) is 14.9. The number of hydrogen-bond donors (Lipinski definition) is 1. The van der Waals surface area contributed by atoms with Crippen molar-refractivity contribution >= 4 is 27.8 Å². The Hall–Kier alpha value is -1.51. The quantitative estimate of drug-likeness (QED) is 0.884. The predicted octanol–water partition coefficient (Wildman–Crippen LogP) is 2.52. The second kappa shape index (κ2) is 4.80. The van der Waals surface area contributed by atoms with Crippen LogP contribution in [0.3, 0.4) is 0 Å².